The predicted octanol–water partition coefficient (Wildman–Crippen LogP) is 3.10. The molecule has 0 aromatic heterocycles. The lowest BCUT2D eigenvalue weighted by Crippen LogP contribution is -2.24. The standard InChI is InChI=1S/C20H22N2O4/c1-2-12-21-19(24)16-4-3-5-17(13-16)22-18(23)11-8-14-6-9-15(10-7-14)20(25)26/h3-7,9-10,13H,2,8,11-12H2,1H3,(H,21,24)(H,22,23)(H,25,26). The van der Waals surface area contributed by atoms with Crippen molar-refractivity contribution in [3.05, 3.63) is 65.2 Å². The van der Waals surface area contributed by atoms with Crippen LogP contribution in [0.25, 0.3) is 0 Å². The number of hydrogen-bond donors (Lipinski definition) is 3. The van der Waals surface area contributed by atoms with Crippen LogP contribution in [0.15, 0.2) is 48.5 Å². The molecule has 2 aromatic carbocycles. The van der Waals surface area contributed by atoms with Gasteiger partial charge >= 0.3 is 5.97 Å². The number of hydrogen-bond acceptors (Lipinski definition) is 3. The zero-order valence-electron chi connectivity index (χ0n) is 14.6. The third-order valence-corrected chi connectivity index (χ3v) is 3.79. The lowest BCUT2D eigenvalue weighted by molar-refractivity contribution is -0.116. The molecule has 0 spiro atoms. The average molecular weight is 354 g/mol. The molecule has 0 aliphatic heterocycles. The number of carboxylic acids is 1. The molecule has 2 aromatic rings. The van der Waals surface area contributed by atoms with Gasteiger partial charge in [-0.2, -0.15) is 0 Å². The molecule has 0 aliphatic rings. The first kappa shape index (κ1) is 19.2. The van der Waals surface area contributed by atoms with E-state index in [0.29, 0.717) is 24.2 Å². The van der Waals surface area contributed by atoms with Crippen LogP contribution in [0.2, 0.25) is 0 Å². The topological polar surface area (TPSA) is 95.5 Å². The summed E-state index contributed by atoms with van der Waals surface area (Å²) in [4.78, 5) is 34.9. The fraction of sp³-hybridized carbons (Fsp3) is 0.250. The van der Waals surface area contributed by atoms with Gasteiger partial charge in [0.15, 0.2) is 0 Å². The smallest absolute Gasteiger partial charge is 0.335 e. The molecule has 0 unspecified atom stereocenters. The molecule has 0 saturated carbocycles. The van der Waals surface area contributed by atoms with Crippen molar-refractivity contribution in [2.24, 2.45) is 0 Å². The number of amides is 2. The van der Waals surface area contributed by atoms with E-state index in [-0.39, 0.29) is 23.8 Å². The van der Waals surface area contributed by atoms with E-state index in [1.165, 1.54) is 12.1 Å². The minimum Gasteiger partial charge on any atom is -0.478 e. The summed E-state index contributed by atoms with van der Waals surface area (Å²) >= 11 is 0. The maximum Gasteiger partial charge on any atom is 0.335 e. The van der Waals surface area contributed by atoms with Crippen molar-refractivity contribution < 1.29 is 19.5 Å². The number of nitrogens with one attached hydrogen (secondary N) is 2. The van der Waals surface area contributed by atoms with Gasteiger partial charge in [-0.15, -0.1) is 0 Å². The number of benzene rings is 2. The van der Waals surface area contributed by atoms with Gasteiger partial charge in [-0.05, 0) is 48.7 Å². The Morgan fingerprint density at radius 1 is 1.00 bits per heavy atom. The Morgan fingerprint density at radius 3 is 2.38 bits per heavy atom. The van der Waals surface area contributed by atoms with E-state index in [1.54, 1.807) is 36.4 Å². The summed E-state index contributed by atoms with van der Waals surface area (Å²) in [5, 5.41) is 14.4. The summed E-state index contributed by atoms with van der Waals surface area (Å²) < 4.78 is 0. The van der Waals surface area contributed by atoms with E-state index in [2.05, 4.69) is 10.6 Å². The van der Waals surface area contributed by atoms with Gasteiger partial charge in [-0.25, -0.2) is 4.79 Å². The molecule has 2 amide bonds. The first-order valence-corrected chi connectivity index (χ1v) is 8.50. The third kappa shape index (κ3) is 5.73. The number of carbonyl (C=O) groups is 3. The minimum atomic E-state index is -0.975. The van der Waals surface area contributed by atoms with Gasteiger partial charge in [0.2, 0.25) is 5.91 Å². The van der Waals surface area contributed by atoms with Crippen LogP contribution in [0.5, 0.6) is 0 Å². The van der Waals surface area contributed by atoms with E-state index in [1.807, 2.05) is 6.92 Å². The van der Waals surface area contributed by atoms with Gasteiger partial charge in [0.25, 0.3) is 5.91 Å². The molecule has 136 valence electrons. The number of carboxylic acid groups (broad SMARTS) is 1. The van der Waals surface area contributed by atoms with Crippen LogP contribution in [0, 0.1) is 0 Å². The molecule has 0 radical (unpaired) electrons. The van der Waals surface area contributed by atoms with E-state index in [4.69, 9.17) is 5.11 Å². The van der Waals surface area contributed by atoms with Crippen molar-refractivity contribution in [3.8, 4) is 0 Å². The molecule has 0 atom stereocenters. The molecular weight excluding hydrogens is 332 g/mol. The fourth-order valence-electron chi connectivity index (χ4n) is 2.37. The van der Waals surface area contributed by atoms with Crippen LogP contribution in [-0.4, -0.2) is 29.4 Å². The van der Waals surface area contributed by atoms with Crippen molar-refractivity contribution >= 4 is 23.5 Å². The lowest BCUT2D eigenvalue weighted by atomic mass is 10.1. The van der Waals surface area contributed by atoms with Crippen LogP contribution in [0.3, 0.4) is 0 Å². The Hall–Kier alpha value is -3.15. The van der Waals surface area contributed by atoms with Gasteiger partial charge in [-0.1, -0.05) is 25.1 Å². The predicted molar refractivity (Wildman–Crippen MR) is 99.4 cm³/mol. The van der Waals surface area contributed by atoms with Gasteiger partial charge in [0.05, 0.1) is 5.56 Å². The second-order valence-corrected chi connectivity index (χ2v) is 5.89. The Morgan fingerprint density at radius 2 is 1.73 bits per heavy atom. The highest BCUT2D eigenvalue weighted by molar-refractivity contribution is 5.97. The van der Waals surface area contributed by atoms with E-state index < -0.39 is 5.97 Å². The molecule has 26 heavy (non-hydrogen) atoms. The Bertz CT molecular complexity index is 785. The van der Waals surface area contributed by atoms with Crippen molar-refractivity contribution in [2.75, 3.05) is 11.9 Å². The van der Waals surface area contributed by atoms with Gasteiger partial charge < -0.3 is 15.7 Å². The van der Waals surface area contributed by atoms with Crippen LogP contribution in [0.4, 0.5) is 5.69 Å². The molecule has 0 aliphatic carbocycles. The van der Waals surface area contributed by atoms with Crippen LogP contribution in [-0.2, 0) is 11.2 Å². The van der Waals surface area contributed by atoms with E-state index >= 15 is 0 Å². The minimum absolute atomic E-state index is 0.165. The summed E-state index contributed by atoms with van der Waals surface area (Å²) in [5.41, 5.74) is 2.18. The van der Waals surface area contributed by atoms with Gasteiger partial charge in [-0.3, -0.25) is 9.59 Å². The number of carbonyl (C=O) groups excluding carboxylic acids is 2. The highest BCUT2D eigenvalue weighted by Crippen LogP contribution is 2.12. The molecule has 2 rings (SSSR count). The van der Waals surface area contributed by atoms with E-state index in [9.17, 15) is 14.4 Å². The van der Waals surface area contributed by atoms with Crippen molar-refractivity contribution in [2.45, 2.75) is 26.2 Å². The normalized spacial score (nSPS) is 10.2. The zero-order chi connectivity index (χ0) is 18.9. The Labute approximate surface area is 152 Å². The monoisotopic (exact) mass is 354 g/mol. The molecular formula is C20H22N2O4. The highest BCUT2D eigenvalue weighted by Gasteiger charge is 2.08. The molecule has 0 heterocycles. The average Bonchev–Trinajstić information content (AvgIpc) is 2.65. The van der Waals surface area contributed by atoms with E-state index in [0.717, 1.165) is 12.0 Å². The number of anilines is 1. The quantitative estimate of drug-likeness (QED) is 0.679. The SMILES string of the molecule is CCCNC(=O)c1cccc(NC(=O)CCc2ccc(C(=O)O)cc2)c1. The van der Waals surface area contributed by atoms with Crippen LogP contribution >= 0.6 is 0 Å². The number of aromatic carboxylic acids is 1. The Balaban J connectivity index is 1.89. The first-order valence-electron chi connectivity index (χ1n) is 8.50. The second kappa shape index (κ2) is 9.36. The summed E-state index contributed by atoms with van der Waals surface area (Å²) in [6, 6.07) is 13.2. The molecule has 6 nitrogen and oxygen atoms in total. The third-order valence-electron chi connectivity index (χ3n) is 3.79. The highest BCUT2D eigenvalue weighted by atomic mass is 16.4. The van der Waals surface area contributed by atoms with Gasteiger partial charge in [0.1, 0.15) is 0 Å². The van der Waals surface area contributed by atoms with Crippen molar-refractivity contribution in [1.82, 2.24) is 5.32 Å². The Kier molecular flexibility index (Phi) is 6.91. The van der Waals surface area contributed by atoms with Crippen LogP contribution in [0.1, 0.15) is 46.0 Å². The summed E-state index contributed by atoms with van der Waals surface area (Å²) in [5.74, 6) is -1.31. The van der Waals surface area contributed by atoms with Crippen molar-refractivity contribution in [1.29, 1.82) is 0 Å². The van der Waals surface area contributed by atoms with Gasteiger partial charge in [0, 0.05) is 24.2 Å². The molecule has 3 N–H and O–H groups in total. The molecule has 6 heteroatoms. The zero-order valence-corrected chi connectivity index (χ0v) is 14.6. The number of aryl methyl sites for hydroxylation is 1. The largest absolute Gasteiger partial charge is 0.478 e. The molecule has 0 saturated heterocycles. The molecule has 0 fully saturated rings. The lowest BCUT2D eigenvalue weighted by Gasteiger charge is -2.08. The van der Waals surface area contributed by atoms with Crippen LogP contribution < -0.4 is 10.6 Å². The maximum absolute atomic E-state index is 12.1. The fourth-order valence-corrected chi connectivity index (χ4v) is 2.37. The molecule has 0 bridgehead atoms. The summed E-state index contributed by atoms with van der Waals surface area (Å²) in [6.45, 7) is 2.59. The first-order chi connectivity index (χ1) is 12.5. The summed E-state index contributed by atoms with van der Waals surface area (Å²) in [7, 11) is 0. The number of rotatable bonds is 8. The van der Waals surface area contributed by atoms with Crippen molar-refractivity contribution in [3.63, 3.8) is 0 Å². The summed E-state index contributed by atoms with van der Waals surface area (Å²) in [6.07, 6.45) is 1.62. The maximum atomic E-state index is 12.1. The second-order valence-electron chi connectivity index (χ2n) is 5.89.